The van der Waals surface area contributed by atoms with Gasteiger partial charge in [0.25, 0.3) is 5.56 Å². The Hall–Kier alpha value is -4.17. The van der Waals surface area contributed by atoms with E-state index in [-0.39, 0.29) is 12.2 Å². The Bertz CT molecular complexity index is 1740. The summed E-state index contributed by atoms with van der Waals surface area (Å²) in [5.41, 5.74) is 3.30. The van der Waals surface area contributed by atoms with Crippen LogP contribution in [0.1, 0.15) is 31.0 Å². The molecule has 0 saturated carbocycles. The van der Waals surface area contributed by atoms with Crippen molar-refractivity contribution in [2.24, 2.45) is 4.99 Å². The number of methoxy groups -OCH3 is 1. The Balaban J connectivity index is 1.76. The summed E-state index contributed by atoms with van der Waals surface area (Å²) in [6, 6.07) is 14.7. The van der Waals surface area contributed by atoms with Crippen LogP contribution in [0.4, 0.5) is 0 Å². The average Bonchev–Trinajstić information content (AvgIpc) is 3.40. The zero-order valence-electron chi connectivity index (χ0n) is 20.9. The lowest BCUT2D eigenvalue weighted by Gasteiger charge is -2.25. The Morgan fingerprint density at radius 1 is 1.19 bits per heavy atom. The molecule has 2 aromatic carbocycles. The molecule has 0 amide bonds. The van der Waals surface area contributed by atoms with Gasteiger partial charge in [0.2, 0.25) is 0 Å². The van der Waals surface area contributed by atoms with Crippen LogP contribution in [0.3, 0.4) is 0 Å². The van der Waals surface area contributed by atoms with Crippen molar-refractivity contribution in [1.29, 1.82) is 0 Å². The van der Waals surface area contributed by atoms with Gasteiger partial charge < -0.3 is 14.0 Å². The lowest BCUT2D eigenvalue weighted by atomic mass is 9.95. The normalized spacial score (nSPS) is 15.4. The Kier molecular flexibility index (Phi) is 6.67. The third-order valence-electron chi connectivity index (χ3n) is 6.38. The molecule has 0 unspecified atom stereocenters. The Morgan fingerprint density at radius 2 is 1.95 bits per heavy atom. The highest BCUT2D eigenvalue weighted by Crippen LogP contribution is 2.35. The summed E-state index contributed by atoms with van der Waals surface area (Å²) in [5.74, 6) is 0.0764. The van der Waals surface area contributed by atoms with Gasteiger partial charge in [0.1, 0.15) is 11.8 Å². The predicted octanol–water partition coefficient (Wildman–Crippen LogP) is 3.95. The van der Waals surface area contributed by atoms with E-state index in [1.165, 1.54) is 11.3 Å². The fourth-order valence-corrected chi connectivity index (χ4v) is 5.84. The second kappa shape index (κ2) is 10.1. The van der Waals surface area contributed by atoms with E-state index in [2.05, 4.69) is 22.2 Å². The predicted molar refractivity (Wildman–Crippen MR) is 146 cm³/mol. The van der Waals surface area contributed by atoms with Crippen molar-refractivity contribution >= 4 is 34.3 Å². The van der Waals surface area contributed by atoms with E-state index in [4.69, 9.17) is 9.47 Å². The lowest BCUT2D eigenvalue weighted by molar-refractivity contribution is -0.139. The number of aromatic nitrogens is 2. The van der Waals surface area contributed by atoms with E-state index in [9.17, 15) is 9.59 Å². The van der Waals surface area contributed by atoms with Gasteiger partial charge in [0, 0.05) is 34.8 Å². The molecule has 0 saturated heterocycles. The molecule has 0 fully saturated rings. The summed E-state index contributed by atoms with van der Waals surface area (Å²) in [6.45, 7) is 8.26. The number of nitrogens with zero attached hydrogens (tertiary/aromatic N) is 3. The summed E-state index contributed by atoms with van der Waals surface area (Å²) >= 11 is 1.30. The van der Waals surface area contributed by atoms with Crippen molar-refractivity contribution in [2.75, 3.05) is 13.7 Å². The zero-order chi connectivity index (χ0) is 26.1. The van der Waals surface area contributed by atoms with Gasteiger partial charge in [0.15, 0.2) is 4.80 Å². The minimum absolute atomic E-state index is 0.216. The van der Waals surface area contributed by atoms with Crippen LogP contribution >= 0.6 is 11.3 Å². The number of fused-ring (bicyclic) bond motifs is 2. The van der Waals surface area contributed by atoms with Crippen LogP contribution in [-0.4, -0.2) is 28.8 Å². The van der Waals surface area contributed by atoms with Crippen molar-refractivity contribution in [3.8, 4) is 5.75 Å². The largest absolute Gasteiger partial charge is 0.496 e. The van der Waals surface area contributed by atoms with Gasteiger partial charge in [-0.1, -0.05) is 53.8 Å². The van der Waals surface area contributed by atoms with Crippen molar-refractivity contribution < 1.29 is 14.3 Å². The quantitative estimate of drug-likeness (QED) is 0.277. The molecule has 0 radical (unpaired) electrons. The molecule has 0 aliphatic carbocycles. The summed E-state index contributed by atoms with van der Waals surface area (Å²) < 4.78 is 15.2. The van der Waals surface area contributed by atoms with E-state index in [0.717, 1.165) is 16.5 Å². The first-order valence-electron chi connectivity index (χ1n) is 12.0. The van der Waals surface area contributed by atoms with Crippen LogP contribution in [0.5, 0.6) is 5.75 Å². The van der Waals surface area contributed by atoms with Crippen molar-refractivity contribution in [3.63, 3.8) is 0 Å². The molecule has 0 N–H and O–H groups in total. The number of benzene rings is 2. The van der Waals surface area contributed by atoms with Crippen LogP contribution in [0, 0.1) is 0 Å². The Morgan fingerprint density at radius 3 is 2.70 bits per heavy atom. The molecule has 0 spiro atoms. The number of para-hydroxylation sites is 2. The maximum Gasteiger partial charge on any atom is 0.338 e. The number of ether oxygens (including phenoxy) is 2. The topological polar surface area (TPSA) is 74.8 Å². The summed E-state index contributed by atoms with van der Waals surface area (Å²) in [4.78, 5) is 32.2. The minimum Gasteiger partial charge on any atom is -0.496 e. The summed E-state index contributed by atoms with van der Waals surface area (Å²) in [7, 11) is 1.57. The van der Waals surface area contributed by atoms with Gasteiger partial charge in [-0.3, -0.25) is 9.36 Å². The highest BCUT2D eigenvalue weighted by molar-refractivity contribution is 7.07. The van der Waals surface area contributed by atoms with Gasteiger partial charge in [-0.25, -0.2) is 9.79 Å². The molecular weight excluding hydrogens is 486 g/mol. The first-order chi connectivity index (χ1) is 18.0. The van der Waals surface area contributed by atoms with Crippen molar-refractivity contribution in [1.82, 2.24) is 9.13 Å². The summed E-state index contributed by atoms with van der Waals surface area (Å²) in [5, 5.41) is 1.04. The lowest BCUT2D eigenvalue weighted by Crippen LogP contribution is -2.40. The molecule has 7 nitrogen and oxygen atoms in total. The van der Waals surface area contributed by atoms with Gasteiger partial charge in [-0.2, -0.15) is 0 Å². The molecule has 2 aromatic heterocycles. The molecule has 5 rings (SSSR count). The molecule has 0 bridgehead atoms. The molecule has 8 heteroatoms. The molecule has 37 heavy (non-hydrogen) atoms. The summed E-state index contributed by atoms with van der Waals surface area (Å²) in [6.07, 6.45) is 5.77. The average molecular weight is 514 g/mol. The molecular formula is C29H27N3O4S. The fraction of sp³-hybridized carbons (Fsp3) is 0.207. The number of rotatable bonds is 7. The van der Waals surface area contributed by atoms with Crippen LogP contribution in [0.2, 0.25) is 0 Å². The maximum absolute atomic E-state index is 13.9. The second-order valence-electron chi connectivity index (χ2n) is 8.59. The molecule has 1 aliphatic heterocycles. The van der Waals surface area contributed by atoms with E-state index >= 15 is 0 Å². The van der Waals surface area contributed by atoms with Gasteiger partial charge >= 0.3 is 5.97 Å². The fourth-order valence-electron chi connectivity index (χ4n) is 4.80. The van der Waals surface area contributed by atoms with E-state index < -0.39 is 12.0 Å². The van der Waals surface area contributed by atoms with E-state index in [1.807, 2.05) is 60.8 Å². The highest BCUT2D eigenvalue weighted by Gasteiger charge is 2.35. The first-order valence-corrected chi connectivity index (χ1v) is 12.8. The van der Waals surface area contributed by atoms with Crippen molar-refractivity contribution in [3.05, 3.63) is 109 Å². The molecule has 1 atom stereocenters. The molecule has 188 valence electrons. The second-order valence-corrected chi connectivity index (χ2v) is 9.60. The third kappa shape index (κ3) is 4.23. The minimum atomic E-state index is -0.726. The van der Waals surface area contributed by atoms with Crippen LogP contribution in [-0.2, 0) is 16.1 Å². The smallest absolute Gasteiger partial charge is 0.338 e. The number of hydrogen-bond donors (Lipinski definition) is 0. The molecule has 4 aromatic rings. The maximum atomic E-state index is 13.9. The van der Waals surface area contributed by atoms with Crippen LogP contribution in [0.15, 0.2) is 88.4 Å². The van der Waals surface area contributed by atoms with E-state index in [1.54, 1.807) is 25.5 Å². The first kappa shape index (κ1) is 24.5. The van der Waals surface area contributed by atoms with Gasteiger partial charge in [0.05, 0.1) is 29.5 Å². The number of allylic oxidation sites excluding steroid dienone is 2. The standard InChI is InChI=1S/C29H27N3O4S/c1-5-15-31-17-19(20-11-7-9-13-22(20)31)16-24-27(33)32-26(21-12-8-10-14-23(21)35-4)25(28(34)36-6-2)18(3)30-29(32)37-24/h5,7-14,16-17,26H,1,6,15H2,2-4H3/b24-16-/t26-/m1/s1. The number of carbonyl (C=O) groups is 1. The van der Waals surface area contributed by atoms with E-state index in [0.29, 0.717) is 38.5 Å². The SMILES string of the molecule is C=CCn1cc(/C=c2\sc3n(c2=O)[C@H](c2ccccc2OC)C(C(=O)OCC)=C(C)N=3)c2ccccc21. The number of esters is 1. The molecule has 3 heterocycles. The van der Waals surface area contributed by atoms with Gasteiger partial charge in [-0.15, -0.1) is 6.58 Å². The number of carbonyl (C=O) groups excluding carboxylic acids is 1. The zero-order valence-corrected chi connectivity index (χ0v) is 21.7. The number of hydrogen-bond acceptors (Lipinski definition) is 6. The van der Waals surface area contributed by atoms with Crippen molar-refractivity contribution in [2.45, 2.75) is 26.4 Å². The van der Waals surface area contributed by atoms with Crippen LogP contribution < -0.4 is 19.6 Å². The Labute approximate surface area is 217 Å². The monoisotopic (exact) mass is 513 g/mol. The number of thiazole rings is 1. The third-order valence-corrected chi connectivity index (χ3v) is 7.37. The molecule has 1 aliphatic rings. The van der Waals surface area contributed by atoms with Gasteiger partial charge in [-0.05, 0) is 32.1 Å². The van der Waals surface area contributed by atoms with Crippen LogP contribution in [0.25, 0.3) is 17.0 Å². The highest BCUT2D eigenvalue weighted by atomic mass is 32.1.